The first-order chi connectivity index (χ1) is 12.1. The molecule has 3 aromatic rings. The first-order valence-electron chi connectivity index (χ1n) is 7.40. The molecule has 0 radical (unpaired) electrons. The first kappa shape index (κ1) is 17.3. The average Bonchev–Trinajstić information content (AvgIpc) is 3.11. The van der Waals surface area contributed by atoms with Crippen molar-refractivity contribution in [2.75, 3.05) is 6.54 Å². The molecule has 2 heterocycles. The number of nitrogens with zero attached hydrogens (tertiary/aromatic N) is 2. The Hall–Kier alpha value is -2.57. The standard InChI is InChI=1S/C17H13Cl2N3O3/c18-11-3-1-4-12(19)16(11)17(24)20-8-9-22-15(23)7-6-13(21-22)14-5-2-10-25-14/h1-7,10H,8-9H2,(H,20,24). The van der Waals surface area contributed by atoms with E-state index in [9.17, 15) is 9.59 Å². The van der Waals surface area contributed by atoms with Gasteiger partial charge in [0.15, 0.2) is 5.76 Å². The minimum atomic E-state index is -0.411. The van der Waals surface area contributed by atoms with Gasteiger partial charge in [-0.15, -0.1) is 0 Å². The van der Waals surface area contributed by atoms with Crippen LogP contribution in [0.15, 0.2) is 57.9 Å². The maximum absolute atomic E-state index is 12.2. The van der Waals surface area contributed by atoms with Crippen molar-refractivity contribution in [1.82, 2.24) is 15.1 Å². The molecule has 1 amide bonds. The van der Waals surface area contributed by atoms with Gasteiger partial charge in [0.25, 0.3) is 11.5 Å². The average molecular weight is 378 g/mol. The van der Waals surface area contributed by atoms with Crippen LogP contribution in [0.4, 0.5) is 0 Å². The first-order valence-corrected chi connectivity index (χ1v) is 8.16. The lowest BCUT2D eigenvalue weighted by Gasteiger charge is -2.09. The van der Waals surface area contributed by atoms with Gasteiger partial charge in [0.05, 0.1) is 28.4 Å². The van der Waals surface area contributed by atoms with Crippen molar-refractivity contribution in [3.8, 4) is 11.5 Å². The van der Waals surface area contributed by atoms with Gasteiger partial charge in [-0.05, 0) is 30.3 Å². The SMILES string of the molecule is O=C(NCCn1nc(-c2ccco2)ccc1=O)c1c(Cl)cccc1Cl. The lowest BCUT2D eigenvalue weighted by Crippen LogP contribution is -2.32. The Balaban J connectivity index is 1.69. The number of rotatable bonds is 5. The third-order valence-corrected chi connectivity index (χ3v) is 4.07. The van der Waals surface area contributed by atoms with Crippen LogP contribution >= 0.6 is 23.2 Å². The van der Waals surface area contributed by atoms with Crippen LogP contribution in [-0.2, 0) is 6.54 Å². The Morgan fingerprint density at radius 2 is 1.88 bits per heavy atom. The molecule has 0 saturated heterocycles. The van der Waals surface area contributed by atoms with Gasteiger partial charge in [0.1, 0.15) is 5.69 Å². The molecule has 0 aliphatic rings. The molecule has 128 valence electrons. The Kier molecular flexibility index (Phi) is 5.21. The van der Waals surface area contributed by atoms with Gasteiger partial charge >= 0.3 is 0 Å². The second kappa shape index (κ2) is 7.55. The van der Waals surface area contributed by atoms with Crippen LogP contribution in [0.25, 0.3) is 11.5 Å². The Morgan fingerprint density at radius 3 is 2.56 bits per heavy atom. The van der Waals surface area contributed by atoms with Crippen LogP contribution in [-0.4, -0.2) is 22.2 Å². The molecule has 0 atom stereocenters. The molecule has 0 spiro atoms. The molecule has 0 fully saturated rings. The molecule has 2 aromatic heterocycles. The number of benzene rings is 1. The summed E-state index contributed by atoms with van der Waals surface area (Å²) in [5, 5.41) is 7.43. The molecule has 0 aliphatic carbocycles. The third-order valence-electron chi connectivity index (χ3n) is 3.44. The fourth-order valence-corrected chi connectivity index (χ4v) is 2.81. The van der Waals surface area contributed by atoms with E-state index in [1.807, 2.05) is 0 Å². The molecule has 6 nitrogen and oxygen atoms in total. The van der Waals surface area contributed by atoms with E-state index < -0.39 is 5.91 Å². The van der Waals surface area contributed by atoms with E-state index in [1.54, 1.807) is 36.4 Å². The van der Waals surface area contributed by atoms with Gasteiger partial charge in [-0.25, -0.2) is 4.68 Å². The van der Waals surface area contributed by atoms with Crippen LogP contribution in [0, 0.1) is 0 Å². The number of amides is 1. The minimum absolute atomic E-state index is 0.189. The molecule has 0 bridgehead atoms. The number of hydrogen-bond donors (Lipinski definition) is 1. The van der Waals surface area contributed by atoms with E-state index in [2.05, 4.69) is 10.4 Å². The van der Waals surface area contributed by atoms with Gasteiger partial charge in [0.2, 0.25) is 0 Å². The van der Waals surface area contributed by atoms with E-state index in [0.717, 1.165) is 0 Å². The zero-order valence-corrected chi connectivity index (χ0v) is 14.4. The summed E-state index contributed by atoms with van der Waals surface area (Å²) in [6.45, 7) is 0.385. The summed E-state index contributed by atoms with van der Waals surface area (Å²) in [6.07, 6.45) is 1.53. The highest BCUT2D eigenvalue weighted by molar-refractivity contribution is 6.39. The molecule has 0 unspecified atom stereocenters. The summed E-state index contributed by atoms with van der Waals surface area (Å²) >= 11 is 12.0. The van der Waals surface area contributed by atoms with Crippen LogP contribution in [0.2, 0.25) is 10.0 Å². The van der Waals surface area contributed by atoms with Crippen LogP contribution < -0.4 is 10.9 Å². The molecule has 3 rings (SSSR count). The molecular formula is C17H13Cl2N3O3. The second-order valence-corrected chi connectivity index (χ2v) is 5.92. The Bertz CT molecular complexity index is 932. The topological polar surface area (TPSA) is 77.1 Å². The summed E-state index contributed by atoms with van der Waals surface area (Å²) in [5.74, 6) is 0.145. The largest absolute Gasteiger partial charge is 0.463 e. The number of furan rings is 1. The highest BCUT2D eigenvalue weighted by Gasteiger charge is 2.14. The van der Waals surface area contributed by atoms with E-state index in [0.29, 0.717) is 11.5 Å². The highest BCUT2D eigenvalue weighted by atomic mass is 35.5. The van der Waals surface area contributed by atoms with Crippen molar-refractivity contribution < 1.29 is 9.21 Å². The molecule has 1 aromatic carbocycles. The summed E-state index contributed by atoms with van der Waals surface area (Å²) in [5.41, 5.74) is 0.459. The summed E-state index contributed by atoms with van der Waals surface area (Å²) in [4.78, 5) is 24.1. The highest BCUT2D eigenvalue weighted by Crippen LogP contribution is 2.23. The summed E-state index contributed by atoms with van der Waals surface area (Å²) in [7, 11) is 0. The number of carbonyl (C=O) groups is 1. The number of nitrogens with one attached hydrogen (secondary N) is 1. The number of hydrogen-bond acceptors (Lipinski definition) is 4. The number of aromatic nitrogens is 2. The number of carbonyl (C=O) groups excluding carboxylic acids is 1. The van der Waals surface area contributed by atoms with Gasteiger partial charge in [-0.2, -0.15) is 5.10 Å². The number of halogens is 2. The van der Waals surface area contributed by atoms with E-state index in [1.165, 1.54) is 17.0 Å². The van der Waals surface area contributed by atoms with Gasteiger partial charge in [-0.1, -0.05) is 29.3 Å². The van der Waals surface area contributed by atoms with Crippen molar-refractivity contribution in [1.29, 1.82) is 0 Å². The Morgan fingerprint density at radius 1 is 1.12 bits per heavy atom. The predicted octanol–water partition coefficient (Wildman–Crippen LogP) is 3.24. The quantitative estimate of drug-likeness (QED) is 0.740. The van der Waals surface area contributed by atoms with Gasteiger partial charge in [-0.3, -0.25) is 9.59 Å². The monoisotopic (exact) mass is 377 g/mol. The predicted molar refractivity (Wildman–Crippen MR) is 95.0 cm³/mol. The van der Waals surface area contributed by atoms with Gasteiger partial charge < -0.3 is 9.73 Å². The normalized spacial score (nSPS) is 10.6. The smallest absolute Gasteiger partial charge is 0.266 e. The summed E-state index contributed by atoms with van der Waals surface area (Å²) < 4.78 is 6.52. The lowest BCUT2D eigenvalue weighted by atomic mass is 10.2. The minimum Gasteiger partial charge on any atom is -0.463 e. The third kappa shape index (κ3) is 3.92. The maximum atomic E-state index is 12.2. The van der Waals surface area contributed by atoms with E-state index in [-0.39, 0.29) is 34.3 Å². The maximum Gasteiger partial charge on any atom is 0.266 e. The van der Waals surface area contributed by atoms with Crippen molar-refractivity contribution in [3.05, 3.63) is 74.7 Å². The van der Waals surface area contributed by atoms with Crippen LogP contribution in [0.5, 0.6) is 0 Å². The summed E-state index contributed by atoms with van der Waals surface area (Å²) in [6, 6.07) is 11.3. The molecule has 0 saturated carbocycles. The fourth-order valence-electron chi connectivity index (χ4n) is 2.24. The molecular weight excluding hydrogens is 365 g/mol. The van der Waals surface area contributed by atoms with Crippen molar-refractivity contribution in [2.45, 2.75) is 6.54 Å². The molecule has 8 heteroatoms. The van der Waals surface area contributed by atoms with Crippen molar-refractivity contribution in [2.24, 2.45) is 0 Å². The van der Waals surface area contributed by atoms with Crippen LogP contribution in [0.3, 0.4) is 0 Å². The fraction of sp³-hybridized carbons (Fsp3) is 0.118. The van der Waals surface area contributed by atoms with Crippen molar-refractivity contribution in [3.63, 3.8) is 0 Å². The van der Waals surface area contributed by atoms with Crippen molar-refractivity contribution >= 4 is 29.1 Å². The van der Waals surface area contributed by atoms with E-state index in [4.69, 9.17) is 27.6 Å². The van der Waals surface area contributed by atoms with E-state index >= 15 is 0 Å². The second-order valence-electron chi connectivity index (χ2n) is 5.11. The van der Waals surface area contributed by atoms with Gasteiger partial charge in [0, 0.05) is 12.6 Å². The lowest BCUT2D eigenvalue weighted by molar-refractivity contribution is 0.0952. The zero-order valence-electron chi connectivity index (χ0n) is 12.9. The zero-order chi connectivity index (χ0) is 17.8. The van der Waals surface area contributed by atoms with Crippen LogP contribution in [0.1, 0.15) is 10.4 Å². The molecule has 1 N–H and O–H groups in total. The Labute approximate surface area is 153 Å². The molecule has 25 heavy (non-hydrogen) atoms. The molecule has 0 aliphatic heterocycles.